The summed E-state index contributed by atoms with van der Waals surface area (Å²) in [6.45, 7) is 2.42. The van der Waals surface area contributed by atoms with E-state index in [0.717, 1.165) is 42.9 Å². The minimum absolute atomic E-state index is 0.276. The SMILES string of the molecule is O=C(O)c1ccccc1CN1CCC[C@H](c2cncc(-c3ncc[nH]3)n2)C1. The molecule has 0 amide bonds. The number of piperidine rings is 1. The fourth-order valence-corrected chi connectivity index (χ4v) is 3.65. The Kier molecular flexibility index (Phi) is 4.93. The number of rotatable bonds is 5. The summed E-state index contributed by atoms with van der Waals surface area (Å²) in [5, 5.41) is 9.40. The van der Waals surface area contributed by atoms with Crippen molar-refractivity contribution < 1.29 is 9.90 Å². The minimum Gasteiger partial charge on any atom is -0.478 e. The highest BCUT2D eigenvalue weighted by atomic mass is 16.4. The number of carboxylic acid groups (broad SMARTS) is 1. The fourth-order valence-electron chi connectivity index (χ4n) is 3.65. The zero-order valence-corrected chi connectivity index (χ0v) is 14.9. The lowest BCUT2D eigenvalue weighted by Gasteiger charge is -2.32. The molecule has 1 aliphatic rings. The van der Waals surface area contributed by atoms with Gasteiger partial charge in [-0.15, -0.1) is 0 Å². The van der Waals surface area contributed by atoms with Crippen LogP contribution in [0.25, 0.3) is 11.5 Å². The molecule has 1 fully saturated rings. The minimum atomic E-state index is -0.879. The second-order valence-electron chi connectivity index (χ2n) is 6.80. The van der Waals surface area contributed by atoms with Gasteiger partial charge in [0.2, 0.25) is 0 Å². The molecule has 0 saturated carbocycles. The highest BCUT2D eigenvalue weighted by Gasteiger charge is 2.24. The van der Waals surface area contributed by atoms with E-state index in [-0.39, 0.29) is 5.92 Å². The van der Waals surface area contributed by atoms with E-state index in [1.54, 1.807) is 30.7 Å². The van der Waals surface area contributed by atoms with E-state index in [2.05, 4.69) is 19.9 Å². The normalized spacial score (nSPS) is 17.7. The van der Waals surface area contributed by atoms with Crippen molar-refractivity contribution >= 4 is 5.97 Å². The Morgan fingerprint density at radius 2 is 2.19 bits per heavy atom. The predicted molar refractivity (Wildman–Crippen MR) is 100 cm³/mol. The summed E-state index contributed by atoms with van der Waals surface area (Å²) in [6, 6.07) is 7.21. The molecule has 2 aromatic heterocycles. The number of nitrogens with one attached hydrogen (secondary N) is 1. The molecule has 1 aliphatic heterocycles. The van der Waals surface area contributed by atoms with E-state index < -0.39 is 5.97 Å². The molecular formula is C20H21N5O2. The number of hydrogen-bond acceptors (Lipinski definition) is 5. The van der Waals surface area contributed by atoms with E-state index in [1.165, 1.54) is 0 Å². The van der Waals surface area contributed by atoms with Gasteiger partial charge >= 0.3 is 5.97 Å². The molecule has 7 nitrogen and oxygen atoms in total. The molecule has 0 aliphatic carbocycles. The monoisotopic (exact) mass is 363 g/mol. The second kappa shape index (κ2) is 7.67. The van der Waals surface area contributed by atoms with Gasteiger partial charge < -0.3 is 10.1 Å². The number of hydrogen-bond donors (Lipinski definition) is 2. The maximum absolute atomic E-state index is 11.5. The largest absolute Gasteiger partial charge is 0.478 e. The van der Waals surface area contributed by atoms with Gasteiger partial charge in [-0.25, -0.2) is 14.8 Å². The fraction of sp³-hybridized carbons (Fsp3) is 0.300. The number of aromatic nitrogens is 4. The Balaban J connectivity index is 1.51. The summed E-state index contributed by atoms with van der Waals surface area (Å²) in [5.41, 5.74) is 2.92. The van der Waals surface area contributed by atoms with Crippen molar-refractivity contribution in [2.75, 3.05) is 13.1 Å². The number of carboxylic acids is 1. The third kappa shape index (κ3) is 3.88. The molecule has 0 spiro atoms. The zero-order chi connectivity index (χ0) is 18.6. The summed E-state index contributed by atoms with van der Waals surface area (Å²) in [6.07, 6.45) is 9.11. The number of aromatic amines is 1. The summed E-state index contributed by atoms with van der Waals surface area (Å²) in [7, 11) is 0. The van der Waals surface area contributed by atoms with Crippen LogP contribution in [0.15, 0.2) is 49.1 Å². The maximum atomic E-state index is 11.5. The Morgan fingerprint density at radius 1 is 1.30 bits per heavy atom. The van der Waals surface area contributed by atoms with Gasteiger partial charge in [0.25, 0.3) is 0 Å². The summed E-state index contributed by atoms with van der Waals surface area (Å²) >= 11 is 0. The molecule has 4 rings (SSSR count). The van der Waals surface area contributed by atoms with Crippen molar-refractivity contribution in [1.29, 1.82) is 0 Å². The van der Waals surface area contributed by atoms with Crippen molar-refractivity contribution in [3.8, 4) is 11.5 Å². The first-order chi connectivity index (χ1) is 13.2. The van der Waals surface area contributed by atoms with Crippen LogP contribution >= 0.6 is 0 Å². The average Bonchev–Trinajstić information content (AvgIpc) is 3.23. The first kappa shape index (κ1) is 17.4. The Morgan fingerprint density at radius 3 is 3.00 bits per heavy atom. The summed E-state index contributed by atoms with van der Waals surface area (Å²) in [4.78, 5) is 30.2. The molecule has 1 atom stereocenters. The van der Waals surface area contributed by atoms with Crippen molar-refractivity contribution in [3.63, 3.8) is 0 Å². The molecule has 0 unspecified atom stereocenters. The van der Waals surface area contributed by atoms with Crippen molar-refractivity contribution in [2.24, 2.45) is 0 Å². The lowest BCUT2D eigenvalue weighted by Crippen LogP contribution is -2.34. The number of likely N-dealkylation sites (tertiary alicyclic amines) is 1. The molecule has 27 heavy (non-hydrogen) atoms. The molecule has 7 heteroatoms. The van der Waals surface area contributed by atoms with Crippen LogP contribution < -0.4 is 0 Å². The molecule has 3 heterocycles. The van der Waals surface area contributed by atoms with Gasteiger partial charge in [0.15, 0.2) is 5.82 Å². The molecule has 1 aromatic carbocycles. The Hall–Kier alpha value is -3.06. The number of nitrogens with zero attached hydrogens (tertiary/aromatic N) is 4. The molecule has 1 saturated heterocycles. The maximum Gasteiger partial charge on any atom is 0.336 e. The standard InChI is InChI=1S/C20H21N5O2/c26-20(27)16-6-2-1-4-14(16)12-25-9-3-5-15(13-25)17-10-21-11-18(24-17)19-22-7-8-23-19/h1-2,4,6-8,10-11,15H,3,5,9,12-13H2,(H,22,23)(H,26,27)/t15-/m0/s1. The molecule has 2 N–H and O–H groups in total. The van der Waals surface area contributed by atoms with Gasteiger partial charge in [-0.2, -0.15) is 0 Å². The van der Waals surface area contributed by atoms with Crippen molar-refractivity contribution in [2.45, 2.75) is 25.3 Å². The van der Waals surface area contributed by atoms with Crippen LogP contribution in [0.3, 0.4) is 0 Å². The highest BCUT2D eigenvalue weighted by Crippen LogP contribution is 2.27. The highest BCUT2D eigenvalue weighted by molar-refractivity contribution is 5.89. The van der Waals surface area contributed by atoms with E-state index >= 15 is 0 Å². The number of H-pyrrole nitrogens is 1. The number of imidazole rings is 1. The van der Waals surface area contributed by atoms with Crippen LogP contribution in [-0.4, -0.2) is 49.0 Å². The summed E-state index contributed by atoms with van der Waals surface area (Å²) < 4.78 is 0. The molecule has 0 bridgehead atoms. The predicted octanol–water partition coefficient (Wildman–Crippen LogP) is 2.94. The van der Waals surface area contributed by atoms with Crippen LogP contribution in [0.5, 0.6) is 0 Å². The topological polar surface area (TPSA) is 95.0 Å². The van der Waals surface area contributed by atoms with Gasteiger partial charge in [0.1, 0.15) is 5.69 Å². The van der Waals surface area contributed by atoms with Gasteiger partial charge in [-0.1, -0.05) is 18.2 Å². The van der Waals surface area contributed by atoms with Crippen LogP contribution in [0.1, 0.15) is 40.4 Å². The van der Waals surface area contributed by atoms with E-state index in [9.17, 15) is 9.90 Å². The van der Waals surface area contributed by atoms with Crippen LogP contribution in [0.4, 0.5) is 0 Å². The zero-order valence-electron chi connectivity index (χ0n) is 14.9. The van der Waals surface area contributed by atoms with Gasteiger partial charge in [-0.3, -0.25) is 9.88 Å². The first-order valence-electron chi connectivity index (χ1n) is 9.06. The van der Waals surface area contributed by atoms with Crippen LogP contribution in [0.2, 0.25) is 0 Å². The lowest BCUT2D eigenvalue weighted by molar-refractivity contribution is 0.0694. The molecule has 3 aromatic rings. The number of benzene rings is 1. The van der Waals surface area contributed by atoms with E-state index in [1.807, 2.05) is 18.3 Å². The van der Waals surface area contributed by atoms with Gasteiger partial charge in [0.05, 0.1) is 17.5 Å². The quantitative estimate of drug-likeness (QED) is 0.724. The molecule has 0 radical (unpaired) electrons. The first-order valence-corrected chi connectivity index (χ1v) is 9.06. The molecule has 138 valence electrons. The third-order valence-electron chi connectivity index (χ3n) is 4.96. The average molecular weight is 363 g/mol. The second-order valence-corrected chi connectivity index (χ2v) is 6.80. The number of aromatic carboxylic acids is 1. The smallest absolute Gasteiger partial charge is 0.336 e. The Labute approximate surface area is 157 Å². The lowest BCUT2D eigenvalue weighted by atomic mass is 9.94. The van der Waals surface area contributed by atoms with Gasteiger partial charge in [-0.05, 0) is 31.0 Å². The van der Waals surface area contributed by atoms with E-state index in [0.29, 0.717) is 17.9 Å². The van der Waals surface area contributed by atoms with Crippen molar-refractivity contribution in [1.82, 2.24) is 24.8 Å². The van der Waals surface area contributed by atoms with Crippen LogP contribution in [-0.2, 0) is 6.54 Å². The third-order valence-corrected chi connectivity index (χ3v) is 4.96. The van der Waals surface area contributed by atoms with Crippen LogP contribution in [0, 0.1) is 0 Å². The molecular weight excluding hydrogens is 342 g/mol. The summed E-state index contributed by atoms with van der Waals surface area (Å²) in [5.74, 6) is 0.113. The van der Waals surface area contributed by atoms with E-state index in [4.69, 9.17) is 4.98 Å². The van der Waals surface area contributed by atoms with Gasteiger partial charge in [0, 0.05) is 37.6 Å². The Bertz CT molecular complexity index is 926. The number of carbonyl (C=O) groups is 1. The van der Waals surface area contributed by atoms with Crippen molar-refractivity contribution in [3.05, 3.63) is 65.9 Å².